The SMILES string of the molecule is COCC(=O)Nc1ccc(N2C(=S)N[C@H](c3ccccn3)[C@@H]2c2ccc3c(c2)C(C)=CC(C)(C)N3C)cc1C. The number of hydrogen-bond donors (Lipinski definition) is 2. The predicted molar refractivity (Wildman–Crippen MR) is 162 cm³/mol. The second-order valence-electron chi connectivity index (χ2n) is 10.8. The second kappa shape index (κ2) is 10.4. The Morgan fingerprint density at radius 2 is 1.95 bits per heavy atom. The maximum atomic E-state index is 12.1. The van der Waals surface area contributed by atoms with E-state index in [9.17, 15) is 4.79 Å². The van der Waals surface area contributed by atoms with Crippen LogP contribution in [-0.2, 0) is 9.53 Å². The number of thiocarbonyl (C=S) groups is 1. The minimum Gasteiger partial charge on any atom is -0.375 e. The third-order valence-electron chi connectivity index (χ3n) is 7.72. The van der Waals surface area contributed by atoms with Crippen LogP contribution >= 0.6 is 12.2 Å². The molecular weight excluding hydrogens is 506 g/mol. The van der Waals surface area contributed by atoms with Gasteiger partial charge in [0.25, 0.3) is 0 Å². The topological polar surface area (TPSA) is 69.7 Å². The van der Waals surface area contributed by atoms with E-state index in [-0.39, 0.29) is 30.1 Å². The summed E-state index contributed by atoms with van der Waals surface area (Å²) >= 11 is 5.93. The molecule has 3 heterocycles. The number of pyridine rings is 1. The lowest BCUT2D eigenvalue weighted by Crippen LogP contribution is -2.42. The maximum Gasteiger partial charge on any atom is 0.250 e. The zero-order chi connectivity index (χ0) is 27.9. The van der Waals surface area contributed by atoms with Crippen LogP contribution in [0.3, 0.4) is 0 Å². The summed E-state index contributed by atoms with van der Waals surface area (Å²) in [4.78, 5) is 21.3. The van der Waals surface area contributed by atoms with Gasteiger partial charge in [0.15, 0.2) is 5.11 Å². The summed E-state index contributed by atoms with van der Waals surface area (Å²) in [6, 6.07) is 18.4. The Bertz CT molecular complexity index is 1450. The largest absolute Gasteiger partial charge is 0.375 e. The van der Waals surface area contributed by atoms with Crippen LogP contribution in [0.5, 0.6) is 0 Å². The number of anilines is 3. The van der Waals surface area contributed by atoms with E-state index < -0.39 is 0 Å². The third-order valence-corrected chi connectivity index (χ3v) is 8.03. The van der Waals surface area contributed by atoms with Crippen LogP contribution < -0.4 is 20.4 Å². The van der Waals surface area contributed by atoms with Crippen molar-refractivity contribution in [2.45, 2.75) is 45.3 Å². The van der Waals surface area contributed by atoms with Crippen molar-refractivity contribution in [3.8, 4) is 0 Å². The van der Waals surface area contributed by atoms with Crippen LogP contribution in [0.2, 0.25) is 0 Å². The number of carbonyl (C=O) groups excluding carboxylic acids is 1. The van der Waals surface area contributed by atoms with E-state index in [1.54, 1.807) is 0 Å². The Morgan fingerprint density at radius 1 is 1.15 bits per heavy atom. The van der Waals surface area contributed by atoms with Crippen molar-refractivity contribution < 1.29 is 9.53 Å². The van der Waals surface area contributed by atoms with Crippen LogP contribution in [0.1, 0.15) is 55.2 Å². The number of rotatable bonds is 6. The van der Waals surface area contributed by atoms with Crippen LogP contribution in [0.15, 0.2) is 66.9 Å². The van der Waals surface area contributed by atoms with E-state index in [4.69, 9.17) is 17.0 Å². The van der Waals surface area contributed by atoms with Gasteiger partial charge in [-0.05, 0) is 99.1 Å². The highest BCUT2D eigenvalue weighted by molar-refractivity contribution is 7.80. The van der Waals surface area contributed by atoms with Gasteiger partial charge in [-0.25, -0.2) is 0 Å². The Balaban J connectivity index is 1.59. The summed E-state index contributed by atoms with van der Waals surface area (Å²) in [7, 11) is 3.65. The number of likely N-dealkylation sites (N-methyl/N-ethyl adjacent to an activating group) is 1. The van der Waals surface area contributed by atoms with E-state index in [1.165, 1.54) is 23.9 Å². The van der Waals surface area contributed by atoms with Crippen LogP contribution in [-0.4, -0.2) is 42.3 Å². The monoisotopic (exact) mass is 541 g/mol. The van der Waals surface area contributed by atoms with E-state index in [2.05, 4.69) is 83.6 Å². The van der Waals surface area contributed by atoms with E-state index in [0.717, 1.165) is 28.2 Å². The number of methoxy groups -OCH3 is 1. The van der Waals surface area contributed by atoms with Gasteiger partial charge in [-0.3, -0.25) is 9.78 Å². The average molecular weight is 542 g/mol. The molecule has 3 aromatic rings. The molecule has 1 aromatic heterocycles. The number of ether oxygens (including phenoxy) is 1. The first-order valence-corrected chi connectivity index (χ1v) is 13.5. The number of allylic oxidation sites excluding steroid dienone is 1. The number of benzene rings is 2. The number of fused-ring (bicyclic) bond motifs is 1. The summed E-state index contributed by atoms with van der Waals surface area (Å²) in [5, 5.41) is 7.10. The van der Waals surface area contributed by atoms with Crippen LogP contribution in [0.4, 0.5) is 17.1 Å². The number of carbonyl (C=O) groups is 1. The van der Waals surface area contributed by atoms with Gasteiger partial charge in [0, 0.05) is 43.0 Å². The molecule has 7 nitrogen and oxygen atoms in total. The van der Waals surface area contributed by atoms with Gasteiger partial charge in [0.2, 0.25) is 5.91 Å². The molecule has 2 aliphatic rings. The third kappa shape index (κ3) is 5.02. The highest BCUT2D eigenvalue weighted by Crippen LogP contribution is 2.45. The van der Waals surface area contributed by atoms with Crippen molar-refractivity contribution in [2.24, 2.45) is 0 Å². The van der Waals surface area contributed by atoms with E-state index in [0.29, 0.717) is 5.11 Å². The first kappa shape index (κ1) is 26.8. The van der Waals surface area contributed by atoms with Crippen molar-refractivity contribution in [1.29, 1.82) is 0 Å². The number of hydrogen-bond acceptors (Lipinski definition) is 5. The molecule has 0 aliphatic carbocycles. The molecule has 2 aromatic carbocycles. The Labute approximate surface area is 235 Å². The summed E-state index contributed by atoms with van der Waals surface area (Å²) in [5.74, 6) is -0.189. The Kier molecular flexibility index (Phi) is 7.18. The zero-order valence-electron chi connectivity index (χ0n) is 23.3. The number of nitrogens with zero attached hydrogens (tertiary/aromatic N) is 3. The summed E-state index contributed by atoms with van der Waals surface area (Å²) < 4.78 is 4.96. The molecule has 2 N–H and O–H groups in total. The molecule has 1 amide bonds. The van der Waals surface area contributed by atoms with Crippen molar-refractivity contribution >= 4 is 45.9 Å². The van der Waals surface area contributed by atoms with E-state index >= 15 is 0 Å². The van der Waals surface area contributed by atoms with Gasteiger partial charge in [0.1, 0.15) is 6.61 Å². The molecule has 2 atom stereocenters. The highest BCUT2D eigenvalue weighted by atomic mass is 32.1. The lowest BCUT2D eigenvalue weighted by molar-refractivity contribution is -0.119. The smallest absolute Gasteiger partial charge is 0.250 e. The molecule has 1 saturated heterocycles. The maximum absolute atomic E-state index is 12.1. The number of aromatic nitrogens is 1. The Hall–Kier alpha value is -3.75. The summed E-state index contributed by atoms with van der Waals surface area (Å²) in [6.45, 7) is 8.63. The standard InChI is InChI=1S/C31H35N5O2S/c1-19-15-22(11-12-24(19)33-27(37)18-38-6)36-29(28(34-30(36)39)25-9-7-8-14-32-25)21-10-13-26-23(16-21)20(2)17-31(3,4)35(26)5/h7-17,28-29H,18H2,1-6H3,(H,33,37)(H,34,39)/t28-,29+/m1/s1. The second-order valence-corrected chi connectivity index (χ2v) is 11.2. The lowest BCUT2D eigenvalue weighted by atomic mass is 9.86. The molecule has 0 bridgehead atoms. The van der Waals surface area contributed by atoms with Gasteiger partial charge in [-0.2, -0.15) is 0 Å². The van der Waals surface area contributed by atoms with Gasteiger partial charge < -0.3 is 25.2 Å². The van der Waals surface area contributed by atoms with Gasteiger partial charge in [-0.15, -0.1) is 0 Å². The van der Waals surface area contributed by atoms with Crippen LogP contribution in [0.25, 0.3) is 5.57 Å². The fourth-order valence-electron chi connectivity index (χ4n) is 5.59. The van der Waals surface area contributed by atoms with Crippen molar-refractivity contribution in [1.82, 2.24) is 10.3 Å². The minimum atomic E-state index is -0.189. The first-order chi connectivity index (χ1) is 18.6. The summed E-state index contributed by atoms with van der Waals surface area (Å²) in [6.07, 6.45) is 4.14. The minimum absolute atomic E-state index is 0.00765. The molecule has 39 heavy (non-hydrogen) atoms. The first-order valence-electron chi connectivity index (χ1n) is 13.1. The van der Waals surface area contributed by atoms with Crippen molar-refractivity contribution in [3.05, 3.63) is 89.3 Å². The average Bonchev–Trinajstić information content (AvgIpc) is 3.25. The molecule has 5 rings (SSSR count). The van der Waals surface area contributed by atoms with Gasteiger partial charge in [0.05, 0.1) is 23.3 Å². The van der Waals surface area contributed by atoms with Gasteiger partial charge in [-0.1, -0.05) is 18.2 Å². The number of nitrogens with one attached hydrogen (secondary N) is 2. The fraction of sp³-hybridized carbons (Fsp3) is 0.323. The molecule has 0 radical (unpaired) electrons. The molecule has 0 unspecified atom stereocenters. The van der Waals surface area contributed by atoms with Crippen LogP contribution in [0, 0.1) is 6.92 Å². The number of amides is 1. The molecule has 202 valence electrons. The number of aryl methyl sites for hydroxylation is 1. The van der Waals surface area contributed by atoms with Crippen molar-refractivity contribution in [2.75, 3.05) is 35.9 Å². The highest BCUT2D eigenvalue weighted by Gasteiger charge is 2.41. The molecule has 0 spiro atoms. The summed E-state index contributed by atoms with van der Waals surface area (Å²) in [5.41, 5.74) is 8.34. The normalized spacial score (nSPS) is 19.8. The Morgan fingerprint density at radius 3 is 2.64 bits per heavy atom. The molecule has 8 heteroatoms. The predicted octanol–water partition coefficient (Wildman–Crippen LogP) is 5.78. The van der Waals surface area contributed by atoms with Crippen molar-refractivity contribution in [3.63, 3.8) is 0 Å². The van der Waals surface area contributed by atoms with Gasteiger partial charge >= 0.3 is 0 Å². The fourth-order valence-corrected chi connectivity index (χ4v) is 5.93. The lowest BCUT2D eigenvalue weighted by Gasteiger charge is -2.41. The van der Waals surface area contributed by atoms with E-state index in [1.807, 2.05) is 43.5 Å². The quantitative estimate of drug-likeness (QED) is 0.383. The molecular formula is C31H35N5O2S. The zero-order valence-corrected chi connectivity index (χ0v) is 24.1. The molecule has 1 fully saturated rings. The molecule has 2 aliphatic heterocycles. The molecule has 0 saturated carbocycles.